The number of benzene rings is 1. The van der Waals surface area contributed by atoms with E-state index in [1.54, 1.807) is 18.2 Å². The summed E-state index contributed by atoms with van der Waals surface area (Å²) in [7, 11) is 0. The third-order valence-electron chi connectivity index (χ3n) is 3.99. The van der Waals surface area contributed by atoms with Crippen molar-refractivity contribution in [2.24, 2.45) is 10.4 Å². The Kier molecular flexibility index (Phi) is 5.49. The predicted molar refractivity (Wildman–Crippen MR) is 92.1 cm³/mol. The van der Waals surface area contributed by atoms with Crippen LogP contribution in [0.25, 0.3) is 0 Å². The fourth-order valence-corrected chi connectivity index (χ4v) is 3.00. The van der Waals surface area contributed by atoms with Crippen molar-refractivity contribution < 1.29 is 9.59 Å². The molecule has 3 N–H and O–H groups in total. The predicted octanol–water partition coefficient (Wildman–Crippen LogP) is 3.41. The van der Waals surface area contributed by atoms with Crippen LogP contribution >= 0.6 is 23.2 Å². The molecule has 1 aliphatic rings. The maximum atomic E-state index is 12.2. The average Bonchev–Trinajstić information content (AvgIpc) is 2.50. The molecule has 0 aliphatic carbocycles. The van der Waals surface area contributed by atoms with Crippen LogP contribution in [0.15, 0.2) is 23.2 Å². The molecule has 8 heteroatoms. The van der Waals surface area contributed by atoms with E-state index in [9.17, 15) is 9.59 Å². The van der Waals surface area contributed by atoms with Crippen LogP contribution in [0, 0.1) is 5.41 Å². The summed E-state index contributed by atoms with van der Waals surface area (Å²) in [5.74, 6) is 0.0448. The average molecular weight is 357 g/mol. The molecule has 0 aromatic heterocycles. The first-order valence-corrected chi connectivity index (χ1v) is 8.04. The van der Waals surface area contributed by atoms with Gasteiger partial charge in [-0.15, -0.1) is 0 Å². The molecule has 124 valence electrons. The van der Waals surface area contributed by atoms with Crippen molar-refractivity contribution in [3.63, 3.8) is 0 Å². The highest BCUT2D eigenvalue weighted by Gasteiger charge is 2.45. The van der Waals surface area contributed by atoms with Crippen molar-refractivity contribution in [3.8, 4) is 0 Å². The lowest BCUT2D eigenvalue weighted by atomic mass is 9.79. The number of carbonyl (C=O) groups is 2. The van der Waals surface area contributed by atoms with E-state index in [1.807, 2.05) is 13.8 Å². The number of carbonyl (C=O) groups excluding carboxylic acids is 2. The van der Waals surface area contributed by atoms with Crippen LogP contribution < -0.4 is 16.0 Å². The Balaban J connectivity index is 2.18. The minimum Gasteiger partial charge on any atom is -0.365 e. The lowest BCUT2D eigenvalue weighted by Crippen LogP contribution is -2.62. The number of halogens is 2. The topological polar surface area (TPSA) is 82.6 Å². The summed E-state index contributed by atoms with van der Waals surface area (Å²) in [5, 5.41) is 8.99. The SMILES string of the molecule is CCC1(CC)C(=O)NC(=O)N/C1=N/CNc1ccc(Cl)cc1Cl. The first kappa shape index (κ1) is 17.6. The van der Waals surface area contributed by atoms with E-state index in [2.05, 4.69) is 20.9 Å². The molecule has 0 saturated carbocycles. The van der Waals surface area contributed by atoms with Crippen molar-refractivity contribution in [1.29, 1.82) is 0 Å². The van der Waals surface area contributed by atoms with Crippen LogP contribution in [-0.2, 0) is 4.79 Å². The number of hydrogen-bond donors (Lipinski definition) is 3. The Morgan fingerprint density at radius 3 is 2.48 bits per heavy atom. The van der Waals surface area contributed by atoms with Gasteiger partial charge in [-0.1, -0.05) is 37.0 Å². The quantitative estimate of drug-likeness (QED) is 0.755. The van der Waals surface area contributed by atoms with Crippen LogP contribution in [-0.4, -0.2) is 24.4 Å². The van der Waals surface area contributed by atoms with E-state index in [0.717, 1.165) is 0 Å². The molecule has 0 bridgehead atoms. The molecule has 0 atom stereocenters. The maximum absolute atomic E-state index is 12.2. The summed E-state index contributed by atoms with van der Waals surface area (Å²) in [5.41, 5.74) is -0.148. The first-order valence-electron chi connectivity index (χ1n) is 7.29. The Bertz CT molecular complexity index is 657. The molecule has 0 unspecified atom stereocenters. The maximum Gasteiger partial charge on any atom is 0.326 e. The second-order valence-electron chi connectivity index (χ2n) is 5.16. The highest BCUT2D eigenvalue weighted by molar-refractivity contribution is 6.36. The number of urea groups is 1. The third-order valence-corrected chi connectivity index (χ3v) is 4.54. The number of imide groups is 1. The summed E-state index contributed by atoms with van der Waals surface area (Å²) >= 11 is 11.9. The van der Waals surface area contributed by atoms with Gasteiger partial charge in [-0.05, 0) is 31.0 Å². The second-order valence-corrected chi connectivity index (χ2v) is 6.01. The highest BCUT2D eigenvalue weighted by Crippen LogP contribution is 2.30. The minimum atomic E-state index is -0.820. The van der Waals surface area contributed by atoms with Crippen LogP contribution in [0.4, 0.5) is 10.5 Å². The van der Waals surface area contributed by atoms with Gasteiger partial charge >= 0.3 is 6.03 Å². The standard InChI is InChI=1S/C15H18Cl2N4O2/c1-3-15(4-2)12(20-14(23)21-13(15)22)19-8-18-11-6-5-9(16)7-10(11)17/h5-7,18H,3-4,8H2,1-2H3,(H2,19,20,21,22,23). The van der Waals surface area contributed by atoms with Gasteiger partial charge in [-0.3, -0.25) is 15.4 Å². The van der Waals surface area contributed by atoms with Crippen molar-refractivity contribution >= 4 is 46.7 Å². The van der Waals surface area contributed by atoms with Crippen molar-refractivity contribution in [2.45, 2.75) is 26.7 Å². The number of nitrogens with one attached hydrogen (secondary N) is 3. The molecular formula is C15H18Cl2N4O2. The Morgan fingerprint density at radius 1 is 1.17 bits per heavy atom. The van der Waals surface area contributed by atoms with Crippen molar-refractivity contribution in [3.05, 3.63) is 28.2 Å². The molecule has 1 heterocycles. The zero-order chi connectivity index (χ0) is 17.0. The minimum absolute atomic E-state index is 0.173. The third kappa shape index (κ3) is 3.59. The first-order chi connectivity index (χ1) is 10.9. The molecule has 2 rings (SSSR count). The van der Waals surface area contributed by atoms with E-state index in [-0.39, 0.29) is 12.6 Å². The molecule has 1 aromatic rings. The van der Waals surface area contributed by atoms with Gasteiger partial charge in [-0.25, -0.2) is 9.79 Å². The zero-order valence-corrected chi connectivity index (χ0v) is 14.4. The van der Waals surface area contributed by atoms with E-state index >= 15 is 0 Å². The van der Waals surface area contributed by atoms with Crippen LogP contribution in [0.5, 0.6) is 0 Å². The van der Waals surface area contributed by atoms with E-state index in [0.29, 0.717) is 34.4 Å². The molecule has 23 heavy (non-hydrogen) atoms. The highest BCUT2D eigenvalue weighted by atomic mass is 35.5. The molecule has 6 nitrogen and oxygen atoms in total. The van der Waals surface area contributed by atoms with E-state index < -0.39 is 11.4 Å². The number of amidine groups is 1. The second kappa shape index (κ2) is 7.19. The Morgan fingerprint density at radius 2 is 1.87 bits per heavy atom. The fourth-order valence-electron chi connectivity index (χ4n) is 2.52. The number of hydrogen-bond acceptors (Lipinski definition) is 4. The normalized spacial score (nSPS) is 18.5. The van der Waals surface area contributed by atoms with Gasteiger partial charge in [0.25, 0.3) is 0 Å². The Hall–Kier alpha value is -1.79. The largest absolute Gasteiger partial charge is 0.365 e. The van der Waals surface area contributed by atoms with Gasteiger partial charge in [0.2, 0.25) is 5.91 Å². The molecule has 1 aliphatic heterocycles. The lowest BCUT2D eigenvalue weighted by Gasteiger charge is -2.35. The van der Waals surface area contributed by atoms with Gasteiger partial charge in [0, 0.05) is 5.02 Å². The molecule has 1 saturated heterocycles. The summed E-state index contributed by atoms with van der Waals surface area (Å²) in [6.45, 7) is 3.95. The van der Waals surface area contributed by atoms with Crippen LogP contribution in [0.1, 0.15) is 26.7 Å². The Labute approximate surface area is 144 Å². The van der Waals surface area contributed by atoms with Crippen molar-refractivity contribution in [2.75, 3.05) is 12.0 Å². The lowest BCUT2D eigenvalue weighted by molar-refractivity contribution is -0.127. The number of nitrogens with zero attached hydrogens (tertiary/aromatic N) is 1. The molecule has 1 aromatic carbocycles. The molecular weight excluding hydrogens is 339 g/mol. The van der Waals surface area contributed by atoms with E-state index in [4.69, 9.17) is 23.2 Å². The smallest absolute Gasteiger partial charge is 0.326 e. The van der Waals surface area contributed by atoms with Crippen LogP contribution in [0.2, 0.25) is 10.0 Å². The molecule has 0 radical (unpaired) electrons. The summed E-state index contributed by atoms with van der Waals surface area (Å²) in [4.78, 5) is 28.1. The molecule has 3 amide bonds. The summed E-state index contributed by atoms with van der Waals surface area (Å²) < 4.78 is 0. The van der Waals surface area contributed by atoms with Gasteiger partial charge in [-0.2, -0.15) is 0 Å². The monoisotopic (exact) mass is 356 g/mol. The van der Waals surface area contributed by atoms with Gasteiger partial charge in [0.1, 0.15) is 17.9 Å². The van der Waals surface area contributed by atoms with Gasteiger partial charge in [0.05, 0.1) is 10.7 Å². The summed E-state index contributed by atoms with van der Waals surface area (Å²) in [6.07, 6.45) is 1.08. The fraction of sp³-hybridized carbons (Fsp3) is 0.400. The summed E-state index contributed by atoms with van der Waals surface area (Å²) in [6, 6.07) is 4.51. The number of amides is 3. The van der Waals surface area contributed by atoms with Gasteiger partial charge < -0.3 is 5.32 Å². The number of aliphatic imine (C=N–C) groups is 1. The van der Waals surface area contributed by atoms with E-state index in [1.165, 1.54) is 0 Å². The molecule has 1 fully saturated rings. The van der Waals surface area contributed by atoms with Crippen LogP contribution in [0.3, 0.4) is 0 Å². The van der Waals surface area contributed by atoms with Crippen molar-refractivity contribution in [1.82, 2.24) is 10.6 Å². The van der Waals surface area contributed by atoms with Gasteiger partial charge in [0.15, 0.2) is 0 Å². The molecule has 0 spiro atoms. The zero-order valence-electron chi connectivity index (χ0n) is 12.9. The number of rotatable bonds is 5. The number of anilines is 1.